The zero-order valence-corrected chi connectivity index (χ0v) is 21.2. The highest BCUT2D eigenvalue weighted by Gasteiger charge is 2.22. The summed E-state index contributed by atoms with van der Waals surface area (Å²) in [6.07, 6.45) is 7.42. The molecule has 5 rings (SSSR count). The molecular formula is C30H30FN5O. The van der Waals surface area contributed by atoms with Crippen LogP contribution in [-0.4, -0.2) is 66.9 Å². The van der Waals surface area contributed by atoms with Crippen molar-refractivity contribution in [1.82, 2.24) is 9.80 Å². The molecule has 3 heterocycles. The van der Waals surface area contributed by atoms with E-state index in [9.17, 15) is 9.18 Å². The van der Waals surface area contributed by atoms with E-state index in [2.05, 4.69) is 44.0 Å². The summed E-state index contributed by atoms with van der Waals surface area (Å²) in [6, 6.07) is 10.8. The summed E-state index contributed by atoms with van der Waals surface area (Å²) in [5.41, 5.74) is 6.08. The summed E-state index contributed by atoms with van der Waals surface area (Å²) < 4.78 is 13.9. The third-order valence-electron chi connectivity index (χ3n) is 6.96. The van der Waals surface area contributed by atoms with Crippen LogP contribution in [0.15, 0.2) is 70.3 Å². The number of aliphatic imine (C=N–C) groups is 2. The Balaban J connectivity index is 1.27. The van der Waals surface area contributed by atoms with Gasteiger partial charge in [0.1, 0.15) is 18.4 Å². The van der Waals surface area contributed by atoms with Crippen LogP contribution in [0.2, 0.25) is 0 Å². The van der Waals surface area contributed by atoms with E-state index in [4.69, 9.17) is 0 Å². The molecule has 7 heteroatoms. The van der Waals surface area contributed by atoms with Crippen molar-refractivity contribution < 1.29 is 9.18 Å². The minimum atomic E-state index is -0.571. The van der Waals surface area contributed by atoms with E-state index >= 15 is 0 Å². The second-order valence-corrected chi connectivity index (χ2v) is 9.63. The molecule has 0 aromatic heterocycles. The molecule has 1 unspecified atom stereocenters. The molecule has 3 aliphatic rings. The number of halogens is 1. The van der Waals surface area contributed by atoms with Gasteiger partial charge in [-0.2, -0.15) is 0 Å². The third kappa shape index (κ3) is 5.77. The molecule has 37 heavy (non-hydrogen) atoms. The van der Waals surface area contributed by atoms with Gasteiger partial charge in [0.2, 0.25) is 0 Å². The second-order valence-electron chi connectivity index (χ2n) is 9.63. The molecule has 0 saturated carbocycles. The van der Waals surface area contributed by atoms with Crippen LogP contribution in [0.1, 0.15) is 32.6 Å². The third-order valence-corrected chi connectivity index (χ3v) is 6.96. The van der Waals surface area contributed by atoms with Crippen LogP contribution in [0, 0.1) is 18.8 Å². The molecule has 188 valence electrons. The van der Waals surface area contributed by atoms with Crippen molar-refractivity contribution in [3.05, 3.63) is 88.1 Å². The molecule has 3 aliphatic heterocycles. The Morgan fingerprint density at radius 1 is 1.11 bits per heavy atom. The summed E-state index contributed by atoms with van der Waals surface area (Å²) in [4.78, 5) is 26.5. The van der Waals surface area contributed by atoms with Gasteiger partial charge in [-0.15, -0.1) is 0 Å². The molecule has 1 atom stereocenters. The van der Waals surface area contributed by atoms with Gasteiger partial charge in [-0.3, -0.25) is 14.7 Å². The largest absolute Gasteiger partial charge is 0.322 e. The number of amides is 1. The quantitative estimate of drug-likeness (QED) is 0.634. The zero-order valence-electron chi connectivity index (χ0n) is 21.2. The molecule has 1 N–H and O–H groups in total. The predicted octanol–water partition coefficient (Wildman–Crippen LogP) is 4.16. The lowest BCUT2D eigenvalue weighted by molar-refractivity contribution is 0.102. The Hall–Kier alpha value is -3.86. The fourth-order valence-electron chi connectivity index (χ4n) is 4.59. The van der Waals surface area contributed by atoms with Crippen LogP contribution in [0.25, 0.3) is 0 Å². The molecule has 1 saturated heterocycles. The number of anilines is 1. The lowest BCUT2D eigenvalue weighted by Gasteiger charge is -2.32. The molecule has 6 nitrogen and oxygen atoms in total. The molecule has 0 spiro atoms. The Kier molecular flexibility index (Phi) is 7.40. The summed E-state index contributed by atoms with van der Waals surface area (Å²) in [5.74, 6) is 6.04. The maximum absolute atomic E-state index is 13.9. The number of alkyl halides is 1. The van der Waals surface area contributed by atoms with Gasteiger partial charge in [0, 0.05) is 67.5 Å². The SMILES string of the molecule is Cc1ccc(C(=O)Nc2ccc(CN3CCN(C)CC3)c(CF)c2)cc1C#CC1=NC=C2C=CC=NC21. The van der Waals surface area contributed by atoms with Gasteiger partial charge in [0.05, 0.1) is 0 Å². The van der Waals surface area contributed by atoms with Crippen molar-refractivity contribution >= 4 is 23.5 Å². The number of fused-ring (bicyclic) bond motifs is 1. The van der Waals surface area contributed by atoms with Crippen LogP contribution in [0.5, 0.6) is 0 Å². The van der Waals surface area contributed by atoms with Gasteiger partial charge in [-0.05, 0) is 66.9 Å². The first-order valence-corrected chi connectivity index (χ1v) is 12.5. The van der Waals surface area contributed by atoms with E-state index in [1.165, 1.54) is 0 Å². The molecule has 1 fully saturated rings. The number of carbonyl (C=O) groups is 1. The fraction of sp³-hybridized carbons (Fsp3) is 0.300. The smallest absolute Gasteiger partial charge is 0.255 e. The van der Waals surface area contributed by atoms with Crippen LogP contribution in [-0.2, 0) is 13.2 Å². The van der Waals surface area contributed by atoms with Gasteiger partial charge in [0.15, 0.2) is 0 Å². The Morgan fingerprint density at radius 2 is 1.95 bits per heavy atom. The molecule has 0 bridgehead atoms. The molecular weight excluding hydrogens is 465 g/mol. The van der Waals surface area contributed by atoms with Crippen molar-refractivity contribution in [2.75, 3.05) is 38.5 Å². The zero-order chi connectivity index (χ0) is 25.8. The van der Waals surface area contributed by atoms with E-state index in [-0.39, 0.29) is 11.9 Å². The van der Waals surface area contributed by atoms with Gasteiger partial charge in [0.25, 0.3) is 5.91 Å². The van der Waals surface area contributed by atoms with E-state index in [1.54, 1.807) is 30.6 Å². The number of allylic oxidation sites excluding steroid dienone is 1. The molecule has 2 aromatic rings. The minimum Gasteiger partial charge on any atom is -0.322 e. The number of hydrogen-bond acceptors (Lipinski definition) is 5. The molecule has 0 aliphatic carbocycles. The first-order valence-electron chi connectivity index (χ1n) is 12.5. The number of aryl methyl sites for hydroxylation is 1. The number of nitrogens with zero attached hydrogens (tertiary/aromatic N) is 4. The molecule has 0 radical (unpaired) electrons. The lowest BCUT2D eigenvalue weighted by atomic mass is 10.0. The monoisotopic (exact) mass is 495 g/mol. The first-order chi connectivity index (χ1) is 18.0. The van der Waals surface area contributed by atoms with Crippen LogP contribution in [0.3, 0.4) is 0 Å². The highest BCUT2D eigenvalue weighted by molar-refractivity contribution is 6.10. The van der Waals surface area contributed by atoms with Gasteiger partial charge >= 0.3 is 0 Å². The predicted molar refractivity (Wildman–Crippen MR) is 147 cm³/mol. The number of rotatable bonds is 5. The average Bonchev–Trinajstić information content (AvgIpc) is 3.33. The molecule has 1 amide bonds. The Labute approximate surface area is 217 Å². The van der Waals surface area contributed by atoms with Crippen molar-refractivity contribution in [2.45, 2.75) is 26.2 Å². The minimum absolute atomic E-state index is 0.145. The van der Waals surface area contributed by atoms with Crippen molar-refractivity contribution in [3.8, 4) is 11.8 Å². The van der Waals surface area contributed by atoms with E-state index in [1.807, 2.05) is 37.3 Å². The second kappa shape index (κ2) is 11.0. The number of nitrogens with one attached hydrogen (secondary N) is 1. The van der Waals surface area contributed by atoms with Gasteiger partial charge in [-0.1, -0.05) is 24.1 Å². The van der Waals surface area contributed by atoms with Crippen molar-refractivity contribution in [1.29, 1.82) is 0 Å². The number of hydrogen-bond donors (Lipinski definition) is 1. The van der Waals surface area contributed by atoms with Crippen molar-refractivity contribution in [2.24, 2.45) is 9.98 Å². The van der Waals surface area contributed by atoms with Crippen molar-refractivity contribution in [3.63, 3.8) is 0 Å². The number of likely N-dealkylation sites (N-methyl/N-ethyl adjacent to an activating group) is 1. The molecule has 2 aromatic carbocycles. The summed E-state index contributed by atoms with van der Waals surface area (Å²) in [5, 5.41) is 2.92. The fourth-order valence-corrected chi connectivity index (χ4v) is 4.59. The Bertz CT molecular complexity index is 1390. The normalized spacial score (nSPS) is 19.1. The van der Waals surface area contributed by atoms with Crippen LogP contribution < -0.4 is 5.32 Å². The van der Waals surface area contributed by atoms with Crippen LogP contribution in [0.4, 0.5) is 10.1 Å². The van der Waals surface area contributed by atoms with Gasteiger partial charge < -0.3 is 10.2 Å². The maximum atomic E-state index is 13.9. The number of benzene rings is 2. The number of piperazine rings is 1. The summed E-state index contributed by atoms with van der Waals surface area (Å²) in [6.45, 7) is 6.06. The first kappa shape index (κ1) is 24.8. The van der Waals surface area contributed by atoms with Crippen LogP contribution >= 0.6 is 0 Å². The number of carbonyl (C=O) groups excluding carboxylic acids is 1. The average molecular weight is 496 g/mol. The standard InChI is InChI=1S/C30H30FN5O/c1-21-5-6-23(16-22(21)8-10-28-29-24(19-33-28)4-3-11-32-29)30(37)34-27-9-7-25(26(17-27)18-31)20-36-14-12-35(2)13-15-36/h3-7,9,11,16-17,19,29H,12-15,18,20H2,1-2H3,(H,34,37). The maximum Gasteiger partial charge on any atom is 0.255 e. The number of dihydropyridines is 1. The van der Waals surface area contributed by atoms with E-state index in [0.29, 0.717) is 29.1 Å². The summed E-state index contributed by atoms with van der Waals surface area (Å²) >= 11 is 0. The van der Waals surface area contributed by atoms with E-state index in [0.717, 1.165) is 48.4 Å². The Morgan fingerprint density at radius 3 is 2.76 bits per heavy atom. The summed E-state index contributed by atoms with van der Waals surface area (Å²) in [7, 11) is 2.12. The van der Waals surface area contributed by atoms with E-state index < -0.39 is 6.67 Å². The highest BCUT2D eigenvalue weighted by Crippen LogP contribution is 2.22. The topological polar surface area (TPSA) is 60.3 Å². The van der Waals surface area contributed by atoms with Gasteiger partial charge in [-0.25, -0.2) is 9.38 Å². The highest BCUT2D eigenvalue weighted by atomic mass is 19.1. The lowest BCUT2D eigenvalue weighted by Crippen LogP contribution is -2.44.